The van der Waals surface area contributed by atoms with Gasteiger partial charge in [-0.15, -0.1) is 0 Å². The second kappa shape index (κ2) is 4.64. The third-order valence-corrected chi connectivity index (χ3v) is 3.04. The lowest BCUT2D eigenvalue weighted by atomic mass is 9.88. The zero-order valence-corrected chi connectivity index (χ0v) is 8.69. The fourth-order valence-electron chi connectivity index (χ4n) is 2.14. The van der Waals surface area contributed by atoms with Crippen molar-refractivity contribution in [2.24, 2.45) is 5.92 Å². The van der Waals surface area contributed by atoms with E-state index in [-0.39, 0.29) is 5.75 Å². The Balaban J connectivity index is 2.08. The van der Waals surface area contributed by atoms with Crippen LogP contribution in [0.15, 0.2) is 24.3 Å². The topological polar surface area (TPSA) is 52.5 Å². The van der Waals surface area contributed by atoms with Crippen LogP contribution in [0.5, 0.6) is 5.75 Å². The molecule has 0 saturated carbocycles. The normalized spacial score (nSPS) is 20.1. The number of piperidine rings is 1. The van der Waals surface area contributed by atoms with Crippen LogP contribution >= 0.6 is 0 Å². The second-order valence-electron chi connectivity index (χ2n) is 4.13. The Kier molecular flexibility index (Phi) is 3.23. The Labute approximate surface area is 89.8 Å². The smallest absolute Gasteiger partial charge is 0.115 e. The van der Waals surface area contributed by atoms with E-state index in [0.29, 0.717) is 5.92 Å². The molecule has 0 amide bonds. The van der Waals surface area contributed by atoms with Crippen LogP contribution < -0.4 is 5.32 Å². The molecule has 1 heterocycles. The first-order valence-electron chi connectivity index (χ1n) is 5.45. The van der Waals surface area contributed by atoms with Gasteiger partial charge in [0.05, 0.1) is 6.10 Å². The summed E-state index contributed by atoms with van der Waals surface area (Å²) < 4.78 is 0. The molecule has 1 unspecified atom stereocenters. The molecule has 15 heavy (non-hydrogen) atoms. The van der Waals surface area contributed by atoms with Gasteiger partial charge in [-0.05, 0) is 49.5 Å². The highest BCUT2D eigenvalue weighted by atomic mass is 16.3. The number of hydrogen-bond donors (Lipinski definition) is 3. The molecule has 1 aromatic carbocycles. The molecule has 1 saturated heterocycles. The van der Waals surface area contributed by atoms with Gasteiger partial charge < -0.3 is 15.5 Å². The Morgan fingerprint density at radius 2 is 2.00 bits per heavy atom. The molecule has 3 heteroatoms. The molecule has 1 aliphatic rings. The second-order valence-corrected chi connectivity index (χ2v) is 4.13. The number of phenols is 1. The molecule has 1 aliphatic heterocycles. The first kappa shape index (κ1) is 10.5. The van der Waals surface area contributed by atoms with Crippen LogP contribution in [0.1, 0.15) is 24.5 Å². The molecule has 0 spiro atoms. The fourth-order valence-corrected chi connectivity index (χ4v) is 2.14. The van der Waals surface area contributed by atoms with Crippen molar-refractivity contribution in [3.8, 4) is 5.75 Å². The molecule has 0 aliphatic carbocycles. The van der Waals surface area contributed by atoms with Gasteiger partial charge in [0, 0.05) is 0 Å². The lowest BCUT2D eigenvalue weighted by Gasteiger charge is -2.27. The number of aromatic hydroxyl groups is 1. The lowest BCUT2D eigenvalue weighted by Crippen LogP contribution is -2.30. The van der Waals surface area contributed by atoms with Crippen molar-refractivity contribution in [3.63, 3.8) is 0 Å². The summed E-state index contributed by atoms with van der Waals surface area (Å²) in [5, 5.41) is 22.7. The van der Waals surface area contributed by atoms with Gasteiger partial charge in [-0.1, -0.05) is 12.1 Å². The van der Waals surface area contributed by atoms with E-state index in [1.54, 1.807) is 18.2 Å². The van der Waals surface area contributed by atoms with E-state index in [4.69, 9.17) is 0 Å². The number of aliphatic hydroxyl groups is 1. The minimum atomic E-state index is -0.445. The van der Waals surface area contributed by atoms with Gasteiger partial charge in [-0.2, -0.15) is 0 Å². The molecule has 82 valence electrons. The van der Waals surface area contributed by atoms with Crippen molar-refractivity contribution < 1.29 is 10.2 Å². The molecule has 3 nitrogen and oxygen atoms in total. The standard InChI is InChI=1S/C12H17NO2/c14-11-3-1-2-10(8-11)12(15)9-4-6-13-7-5-9/h1-3,8-9,12-15H,4-7H2. The van der Waals surface area contributed by atoms with Crippen molar-refractivity contribution in [2.45, 2.75) is 18.9 Å². The molecule has 1 fully saturated rings. The van der Waals surface area contributed by atoms with Gasteiger partial charge in [0.15, 0.2) is 0 Å². The maximum atomic E-state index is 10.1. The largest absolute Gasteiger partial charge is 0.508 e. The third kappa shape index (κ3) is 2.49. The van der Waals surface area contributed by atoms with Crippen molar-refractivity contribution in [1.82, 2.24) is 5.32 Å². The number of hydrogen-bond acceptors (Lipinski definition) is 3. The van der Waals surface area contributed by atoms with Crippen LogP contribution in [0.25, 0.3) is 0 Å². The van der Waals surface area contributed by atoms with Crippen LogP contribution in [-0.4, -0.2) is 23.3 Å². The van der Waals surface area contributed by atoms with Crippen molar-refractivity contribution in [3.05, 3.63) is 29.8 Å². The van der Waals surface area contributed by atoms with Crippen molar-refractivity contribution >= 4 is 0 Å². The van der Waals surface area contributed by atoms with Crippen molar-refractivity contribution in [1.29, 1.82) is 0 Å². The van der Waals surface area contributed by atoms with Crippen LogP contribution in [0.4, 0.5) is 0 Å². The SMILES string of the molecule is Oc1cccc(C(O)C2CCNCC2)c1. The number of nitrogens with one attached hydrogen (secondary N) is 1. The quantitative estimate of drug-likeness (QED) is 0.687. The highest BCUT2D eigenvalue weighted by Crippen LogP contribution is 2.29. The summed E-state index contributed by atoms with van der Waals surface area (Å²) in [5.41, 5.74) is 0.821. The molecule has 0 radical (unpaired) electrons. The van der Waals surface area contributed by atoms with E-state index >= 15 is 0 Å². The van der Waals surface area contributed by atoms with E-state index in [1.165, 1.54) is 0 Å². The zero-order chi connectivity index (χ0) is 10.7. The van der Waals surface area contributed by atoms with Gasteiger partial charge in [-0.3, -0.25) is 0 Å². The summed E-state index contributed by atoms with van der Waals surface area (Å²) >= 11 is 0. The summed E-state index contributed by atoms with van der Waals surface area (Å²) in [6.07, 6.45) is 1.55. The van der Waals surface area contributed by atoms with E-state index in [0.717, 1.165) is 31.5 Å². The van der Waals surface area contributed by atoms with Crippen LogP contribution in [0, 0.1) is 5.92 Å². The molecule has 2 rings (SSSR count). The van der Waals surface area contributed by atoms with Crippen molar-refractivity contribution in [2.75, 3.05) is 13.1 Å². The Bertz CT molecular complexity index is 321. The van der Waals surface area contributed by atoms with Crippen LogP contribution in [0.3, 0.4) is 0 Å². The highest BCUT2D eigenvalue weighted by molar-refractivity contribution is 5.28. The molecule has 1 aromatic rings. The van der Waals surface area contributed by atoms with E-state index in [9.17, 15) is 10.2 Å². The number of benzene rings is 1. The predicted molar refractivity (Wildman–Crippen MR) is 58.7 cm³/mol. The monoisotopic (exact) mass is 207 g/mol. The molecule has 3 N–H and O–H groups in total. The van der Waals surface area contributed by atoms with E-state index in [2.05, 4.69) is 5.32 Å². The van der Waals surface area contributed by atoms with Gasteiger partial charge in [-0.25, -0.2) is 0 Å². The van der Waals surface area contributed by atoms with Crippen LogP contribution in [0.2, 0.25) is 0 Å². The summed E-state index contributed by atoms with van der Waals surface area (Å²) in [6, 6.07) is 6.91. The van der Waals surface area contributed by atoms with Gasteiger partial charge in [0.1, 0.15) is 5.75 Å². The summed E-state index contributed by atoms with van der Waals surface area (Å²) in [6.45, 7) is 1.95. The molecule has 0 bridgehead atoms. The Morgan fingerprint density at radius 1 is 1.27 bits per heavy atom. The minimum absolute atomic E-state index is 0.223. The third-order valence-electron chi connectivity index (χ3n) is 3.04. The minimum Gasteiger partial charge on any atom is -0.508 e. The molecular formula is C12H17NO2. The maximum absolute atomic E-state index is 10.1. The zero-order valence-electron chi connectivity index (χ0n) is 8.69. The number of rotatable bonds is 2. The number of phenolic OH excluding ortho intramolecular Hbond substituents is 1. The predicted octanol–water partition coefficient (Wildman–Crippen LogP) is 1.43. The molecule has 1 atom stereocenters. The lowest BCUT2D eigenvalue weighted by molar-refractivity contribution is 0.0887. The van der Waals surface area contributed by atoms with Gasteiger partial charge >= 0.3 is 0 Å². The summed E-state index contributed by atoms with van der Waals surface area (Å²) in [5.74, 6) is 0.536. The summed E-state index contributed by atoms with van der Waals surface area (Å²) in [7, 11) is 0. The molecular weight excluding hydrogens is 190 g/mol. The summed E-state index contributed by atoms with van der Waals surface area (Å²) in [4.78, 5) is 0. The Hall–Kier alpha value is -1.06. The van der Waals surface area contributed by atoms with Crippen LogP contribution in [-0.2, 0) is 0 Å². The highest BCUT2D eigenvalue weighted by Gasteiger charge is 2.22. The maximum Gasteiger partial charge on any atom is 0.115 e. The first-order valence-corrected chi connectivity index (χ1v) is 5.45. The van der Waals surface area contributed by atoms with E-state index < -0.39 is 6.10 Å². The van der Waals surface area contributed by atoms with Gasteiger partial charge in [0.25, 0.3) is 0 Å². The van der Waals surface area contributed by atoms with Gasteiger partial charge in [0.2, 0.25) is 0 Å². The molecule has 0 aromatic heterocycles. The first-order chi connectivity index (χ1) is 7.27. The average Bonchev–Trinajstić information content (AvgIpc) is 2.29. The Morgan fingerprint density at radius 3 is 2.67 bits per heavy atom. The average molecular weight is 207 g/mol. The van der Waals surface area contributed by atoms with E-state index in [1.807, 2.05) is 6.07 Å². The number of aliphatic hydroxyl groups excluding tert-OH is 1. The fraction of sp³-hybridized carbons (Fsp3) is 0.500.